The van der Waals surface area contributed by atoms with Crippen LogP contribution < -0.4 is 5.26 Å². The Morgan fingerprint density at radius 3 is 2.17 bits per heavy atom. The summed E-state index contributed by atoms with van der Waals surface area (Å²) in [6.07, 6.45) is 0. The zero-order valence-corrected chi connectivity index (χ0v) is 12.0. The number of rotatable bonds is 3. The van der Waals surface area contributed by atoms with Crippen LogP contribution in [0.25, 0.3) is 10.8 Å². The molecule has 2 aromatic carbocycles. The summed E-state index contributed by atoms with van der Waals surface area (Å²) in [5.74, 6) is 0. The minimum absolute atomic E-state index is 0.860. The molecule has 4 heteroatoms. The zero-order chi connectivity index (χ0) is 13.8. The average Bonchev–Trinajstić information content (AvgIpc) is 2.49. The van der Waals surface area contributed by atoms with Gasteiger partial charge in [-0.2, -0.15) is 4.33 Å². The fraction of sp³-hybridized carbons (Fsp3) is 0.286. The Balaban J connectivity index is 0.000000659. The molecule has 2 rings (SSSR count). The van der Waals surface area contributed by atoms with Crippen LogP contribution in [0.5, 0.6) is 0 Å². The monoisotopic (exact) mass is 267 g/mol. The van der Waals surface area contributed by atoms with Gasteiger partial charge < -0.3 is 5.26 Å². The third-order valence-corrected chi connectivity index (χ3v) is 2.56. The standard InChI is InChI=1S/C10H8O3S.2C2H6/c11-12-13-14-10-7-3-5-8-4-1-2-6-9(8)10;2*1-2/h1-7,11H;2*1-2H3/p-1. The van der Waals surface area contributed by atoms with Crippen molar-refractivity contribution in [2.45, 2.75) is 32.6 Å². The van der Waals surface area contributed by atoms with E-state index in [9.17, 15) is 5.26 Å². The van der Waals surface area contributed by atoms with Crippen LogP contribution in [0.2, 0.25) is 0 Å². The summed E-state index contributed by atoms with van der Waals surface area (Å²) in [4.78, 5) is 0.860. The highest BCUT2D eigenvalue weighted by atomic mass is 32.2. The van der Waals surface area contributed by atoms with Gasteiger partial charge in [0.1, 0.15) is 0 Å². The van der Waals surface area contributed by atoms with E-state index in [2.05, 4.69) is 9.37 Å². The maximum Gasteiger partial charge on any atom is 0.0680 e. The van der Waals surface area contributed by atoms with Crippen LogP contribution in [-0.4, -0.2) is 0 Å². The molecule has 0 spiro atoms. The molecule has 100 valence electrons. The first-order valence-electron chi connectivity index (χ1n) is 6.03. The first-order valence-corrected chi connectivity index (χ1v) is 6.77. The van der Waals surface area contributed by atoms with Gasteiger partial charge >= 0.3 is 0 Å². The Hall–Kier alpha value is -1.07. The van der Waals surface area contributed by atoms with Gasteiger partial charge in [0.2, 0.25) is 0 Å². The van der Waals surface area contributed by atoms with Crippen molar-refractivity contribution in [3.8, 4) is 0 Å². The molecule has 0 aliphatic heterocycles. The molecular weight excluding hydrogens is 248 g/mol. The largest absolute Gasteiger partial charge is 0.691 e. The third-order valence-electron chi connectivity index (χ3n) is 1.90. The molecule has 0 unspecified atom stereocenters. The maximum atomic E-state index is 9.70. The van der Waals surface area contributed by atoms with E-state index in [1.54, 1.807) is 0 Å². The van der Waals surface area contributed by atoms with Gasteiger partial charge in [0.15, 0.2) is 0 Å². The van der Waals surface area contributed by atoms with Gasteiger partial charge in [0.05, 0.1) is 12.0 Å². The molecule has 0 heterocycles. The molecule has 3 nitrogen and oxygen atoms in total. The van der Waals surface area contributed by atoms with E-state index < -0.39 is 0 Å². The van der Waals surface area contributed by atoms with Gasteiger partial charge in [-0.1, -0.05) is 64.1 Å². The molecule has 2 aromatic rings. The van der Waals surface area contributed by atoms with E-state index in [-0.39, 0.29) is 0 Å². The van der Waals surface area contributed by atoms with E-state index in [0.29, 0.717) is 0 Å². The van der Waals surface area contributed by atoms with Crippen LogP contribution in [0, 0.1) is 0 Å². The van der Waals surface area contributed by atoms with Crippen molar-refractivity contribution < 1.29 is 14.6 Å². The lowest BCUT2D eigenvalue weighted by molar-refractivity contribution is -0.777. The van der Waals surface area contributed by atoms with Crippen LogP contribution in [0.1, 0.15) is 27.7 Å². The van der Waals surface area contributed by atoms with Gasteiger partial charge in [-0.15, -0.1) is 0 Å². The Bertz CT molecular complexity index is 427. The first-order chi connectivity index (χ1) is 8.92. The second-order valence-corrected chi connectivity index (χ2v) is 3.44. The van der Waals surface area contributed by atoms with Crippen molar-refractivity contribution in [3.63, 3.8) is 0 Å². The first kappa shape index (κ1) is 16.9. The van der Waals surface area contributed by atoms with E-state index in [1.165, 1.54) is 0 Å². The molecule has 0 N–H and O–H groups in total. The van der Waals surface area contributed by atoms with Crippen molar-refractivity contribution in [2.75, 3.05) is 0 Å². The Labute approximate surface area is 113 Å². The van der Waals surface area contributed by atoms with Gasteiger partial charge in [0.25, 0.3) is 0 Å². The Kier molecular flexibility index (Phi) is 10.4. The summed E-state index contributed by atoms with van der Waals surface area (Å²) in [5, 5.41) is 15.1. The van der Waals surface area contributed by atoms with E-state index in [1.807, 2.05) is 70.2 Å². The topological polar surface area (TPSA) is 41.5 Å². The fourth-order valence-corrected chi connectivity index (χ4v) is 1.83. The molecule has 0 aliphatic rings. The molecule has 0 bridgehead atoms. The van der Waals surface area contributed by atoms with Crippen molar-refractivity contribution in [3.05, 3.63) is 42.5 Å². The molecular formula is C14H19O3S-. The number of benzene rings is 2. The molecule has 0 atom stereocenters. The third kappa shape index (κ3) is 5.06. The number of hydrogen-bond acceptors (Lipinski definition) is 4. The number of hydrogen-bond donors (Lipinski definition) is 0. The second-order valence-electron chi connectivity index (χ2n) is 2.70. The van der Waals surface area contributed by atoms with E-state index in [0.717, 1.165) is 27.7 Å². The summed E-state index contributed by atoms with van der Waals surface area (Å²) in [5.41, 5.74) is 0. The molecule has 0 aliphatic carbocycles. The zero-order valence-electron chi connectivity index (χ0n) is 11.2. The molecule has 0 saturated carbocycles. The molecule has 0 amide bonds. The lowest BCUT2D eigenvalue weighted by Gasteiger charge is -2.06. The maximum absolute atomic E-state index is 9.70. The normalized spacial score (nSPS) is 8.94. The SMILES string of the molecule is CC.CC.[O-]OOSc1cccc2ccccc12. The average molecular weight is 267 g/mol. The van der Waals surface area contributed by atoms with Crippen molar-refractivity contribution in [2.24, 2.45) is 0 Å². The van der Waals surface area contributed by atoms with Crippen molar-refractivity contribution in [1.82, 2.24) is 0 Å². The highest BCUT2D eigenvalue weighted by Gasteiger charge is 2.00. The van der Waals surface area contributed by atoms with Gasteiger partial charge in [0, 0.05) is 4.90 Å². The van der Waals surface area contributed by atoms with E-state index in [4.69, 9.17) is 0 Å². The smallest absolute Gasteiger partial charge is 0.0680 e. The molecule has 18 heavy (non-hydrogen) atoms. The molecule has 0 saturated heterocycles. The minimum atomic E-state index is 0.860. The lowest BCUT2D eigenvalue weighted by Crippen LogP contribution is -2.00. The van der Waals surface area contributed by atoms with Crippen LogP contribution in [-0.2, 0) is 9.37 Å². The lowest BCUT2D eigenvalue weighted by atomic mass is 10.1. The van der Waals surface area contributed by atoms with Crippen LogP contribution in [0.4, 0.5) is 0 Å². The Morgan fingerprint density at radius 1 is 0.889 bits per heavy atom. The fourth-order valence-electron chi connectivity index (χ4n) is 1.32. The molecule has 0 fully saturated rings. The summed E-state index contributed by atoms with van der Waals surface area (Å²) in [7, 11) is 0. The molecule has 0 radical (unpaired) electrons. The van der Waals surface area contributed by atoms with Crippen LogP contribution in [0.15, 0.2) is 47.4 Å². The summed E-state index contributed by atoms with van der Waals surface area (Å²) in [6, 6.07) is 13.6. The van der Waals surface area contributed by atoms with Gasteiger partial charge in [-0.3, -0.25) is 5.04 Å². The van der Waals surface area contributed by atoms with E-state index >= 15 is 0 Å². The highest BCUT2D eigenvalue weighted by Crippen LogP contribution is 2.27. The molecule has 0 aromatic heterocycles. The van der Waals surface area contributed by atoms with Crippen LogP contribution in [0.3, 0.4) is 0 Å². The quantitative estimate of drug-likeness (QED) is 0.476. The predicted molar refractivity (Wildman–Crippen MR) is 74.7 cm³/mol. The minimum Gasteiger partial charge on any atom is -0.691 e. The van der Waals surface area contributed by atoms with Gasteiger partial charge in [-0.05, 0) is 16.8 Å². The highest BCUT2D eigenvalue weighted by molar-refractivity contribution is 7.94. The van der Waals surface area contributed by atoms with Crippen molar-refractivity contribution >= 4 is 22.8 Å². The van der Waals surface area contributed by atoms with Gasteiger partial charge in [-0.25, -0.2) is 0 Å². The second kappa shape index (κ2) is 11.0. The van der Waals surface area contributed by atoms with Crippen LogP contribution >= 0.6 is 12.0 Å². The van der Waals surface area contributed by atoms with Crippen molar-refractivity contribution in [1.29, 1.82) is 0 Å². The predicted octanol–water partition coefficient (Wildman–Crippen LogP) is 4.12. The summed E-state index contributed by atoms with van der Waals surface area (Å²) >= 11 is 0.915. The Morgan fingerprint density at radius 2 is 1.50 bits per heavy atom. The summed E-state index contributed by atoms with van der Waals surface area (Å²) < 4.78 is 4.29. The summed E-state index contributed by atoms with van der Waals surface area (Å²) in [6.45, 7) is 8.00. The number of fused-ring (bicyclic) bond motifs is 1.